The van der Waals surface area contributed by atoms with Gasteiger partial charge in [0.15, 0.2) is 0 Å². The molecule has 0 spiro atoms. The number of methoxy groups -OCH3 is 1. The Morgan fingerprint density at radius 1 is 1.07 bits per heavy atom. The summed E-state index contributed by atoms with van der Waals surface area (Å²) in [7, 11) is -2.39. The molecular formula is C20H25N3O5S. The lowest BCUT2D eigenvalue weighted by Crippen LogP contribution is -2.47. The minimum Gasteiger partial charge on any atom is -0.497 e. The maximum Gasteiger partial charge on any atom is 0.251 e. The van der Waals surface area contributed by atoms with Crippen molar-refractivity contribution >= 4 is 27.5 Å². The zero-order valence-corrected chi connectivity index (χ0v) is 17.5. The van der Waals surface area contributed by atoms with E-state index in [2.05, 4.69) is 10.6 Å². The van der Waals surface area contributed by atoms with E-state index in [1.54, 1.807) is 57.2 Å². The first kappa shape index (κ1) is 22.4. The molecule has 0 aliphatic heterocycles. The van der Waals surface area contributed by atoms with Crippen LogP contribution in [0.1, 0.15) is 29.8 Å². The van der Waals surface area contributed by atoms with Crippen molar-refractivity contribution in [1.82, 2.24) is 5.32 Å². The number of carbonyl (C=O) groups excluding carboxylic acids is 2. The summed E-state index contributed by atoms with van der Waals surface area (Å²) in [6.07, 6.45) is 0. The van der Waals surface area contributed by atoms with Gasteiger partial charge in [-0.3, -0.25) is 9.59 Å². The van der Waals surface area contributed by atoms with Gasteiger partial charge in [0.2, 0.25) is 15.9 Å². The lowest BCUT2D eigenvalue weighted by atomic mass is 10.0. The zero-order valence-electron chi connectivity index (χ0n) is 16.7. The van der Waals surface area contributed by atoms with Gasteiger partial charge >= 0.3 is 0 Å². The van der Waals surface area contributed by atoms with E-state index in [0.717, 1.165) is 0 Å². The highest BCUT2D eigenvalue weighted by Crippen LogP contribution is 2.20. The van der Waals surface area contributed by atoms with Gasteiger partial charge in [0.1, 0.15) is 11.8 Å². The quantitative estimate of drug-likeness (QED) is 0.633. The minimum atomic E-state index is -3.92. The zero-order chi connectivity index (χ0) is 21.8. The van der Waals surface area contributed by atoms with E-state index in [1.807, 2.05) is 0 Å². The Morgan fingerprint density at radius 2 is 1.69 bits per heavy atom. The normalized spacial score (nSPS) is 12.3. The summed E-state index contributed by atoms with van der Waals surface area (Å²) in [5.74, 6) is -0.466. The third kappa shape index (κ3) is 5.78. The monoisotopic (exact) mass is 419 g/mol. The molecule has 8 nitrogen and oxygen atoms in total. The van der Waals surface area contributed by atoms with Crippen molar-refractivity contribution in [2.45, 2.75) is 31.7 Å². The summed E-state index contributed by atoms with van der Waals surface area (Å²) in [6, 6.07) is 10.1. The van der Waals surface area contributed by atoms with E-state index in [-0.39, 0.29) is 16.5 Å². The van der Waals surface area contributed by atoms with Crippen molar-refractivity contribution in [3.63, 3.8) is 0 Å². The van der Waals surface area contributed by atoms with Gasteiger partial charge in [-0.1, -0.05) is 19.9 Å². The van der Waals surface area contributed by atoms with Gasteiger partial charge in [-0.25, -0.2) is 13.6 Å². The topological polar surface area (TPSA) is 128 Å². The van der Waals surface area contributed by atoms with E-state index in [9.17, 15) is 18.0 Å². The molecule has 2 rings (SSSR count). The summed E-state index contributed by atoms with van der Waals surface area (Å²) in [4.78, 5) is 25.2. The molecule has 2 aromatic rings. The number of sulfonamides is 1. The minimum absolute atomic E-state index is 0.0707. The first-order valence-corrected chi connectivity index (χ1v) is 10.5. The molecule has 2 aromatic carbocycles. The smallest absolute Gasteiger partial charge is 0.251 e. The van der Waals surface area contributed by atoms with Crippen molar-refractivity contribution in [3.8, 4) is 5.75 Å². The summed E-state index contributed by atoms with van der Waals surface area (Å²) in [6.45, 7) is 5.20. The lowest BCUT2D eigenvalue weighted by Gasteiger charge is -2.22. The molecule has 0 fully saturated rings. The average molecular weight is 420 g/mol. The first-order valence-electron chi connectivity index (χ1n) is 8.92. The van der Waals surface area contributed by atoms with E-state index in [4.69, 9.17) is 9.88 Å². The maximum atomic E-state index is 12.7. The highest BCUT2D eigenvalue weighted by molar-refractivity contribution is 7.89. The van der Waals surface area contributed by atoms with Crippen LogP contribution >= 0.6 is 0 Å². The van der Waals surface area contributed by atoms with Gasteiger partial charge in [0.25, 0.3) is 5.91 Å². The molecule has 0 heterocycles. The summed E-state index contributed by atoms with van der Waals surface area (Å²) in [5, 5.41) is 10.6. The second-order valence-electron chi connectivity index (χ2n) is 6.94. The van der Waals surface area contributed by atoms with Crippen LogP contribution in [0.2, 0.25) is 0 Å². The number of ether oxygens (including phenoxy) is 1. The Kier molecular flexibility index (Phi) is 6.99. The molecule has 0 bridgehead atoms. The molecule has 2 amide bonds. The van der Waals surface area contributed by atoms with Crippen LogP contribution in [0.3, 0.4) is 0 Å². The second-order valence-corrected chi connectivity index (χ2v) is 8.47. The number of anilines is 1. The van der Waals surface area contributed by atoms with Gasteiger partial charge in [-0.05, 0) is 54.8 Å². The predicted octanol–water partition coefficient (Wildman–Crippen LogP) is 2.04. The fourth-order valence-corrected chi connectivity index (χ4v) is 3.51. The van der Waals surface area contributed by atoms with E-state index >= 15 is 0 Å². The standard InChI is InChI=1S/C20H25N3O5S/c1-12(2)18(23-19(24)14-6-9-16(28-4)10-7-14)20(25)22-15-8-5-13(3)17(11-15)29(21,26)27/h5-12,18H,1-4H3,(H,22,25)(H,23,24)(H2,21,26,27). The number of hydrogen-bond acceptors (Lipinski definition) is 5. The fraction of sp³-hybridized carbons (Fsp3) is 0.300. The highest BCUT2D eigenvalue weighted by atomic mass is 32.2. The summed E-state index contributed by atoms with van der Waals surface area (Å²) < 4.78 is 28.4. The Labute approximate surface area is 170 Å². The Bertz CT molecular complexity index is 1000. The molecule has 0 aliphatic rings. The van der Waals surface area contributed by atoms with Crippen LogP contribution in [-0.4, -0.2) is 33.4 Å². The molecule has 0 aliphatic carbocycles. The van der Waals surface area contributed by atoms with Crippen molar-refractivity contribution in [2.75, 3.05) is 12.4 Å². The number of carbonyl (C=O) groups is 2. The molecule has 1 atom stereocenters. The SMILES string of the molecule is COc1ccc(C(=O)NC(C(=O)Nc2ccc(C)c(S(N)(=O)=O)c2)C(C)C)cc1. The second kappa shape index (κ2) is 9.06. The van der Waals surface area contributed by atoms with Crippen molar-refractivity contribution in [2.24, 2.45) is 11.1 Å². The van der Waals surface area contributed by atoms with Gasteiger partial charge in [-0.2, -0.15) is 0 Å². The molecule has 4 N–H and O–H groups in total. The first-order chi connectivity index (χ1) is 13.5. The molecule has 9 heteroatoms. The molecule has 0 saturated heterocycles. The number of hydrogen-bond donors (Lipinski definition) is 3. The van der Waals surface area contributed by atoms with E-state index in [0.29, 0.717) is 16.9 Å². The van der Waals surface area contributed by atoms with Gasteiger partial charge in [0.05, 0.1) is 12.0 Å². The maximum absolute atomic E-state index is 12.7. The Hall–Kier alpha value is -2.91. The number of amides is 2. The van der Waals surface area contributed by atoms with Crippen LogP contribution in [-0.2, 0) is 14.8 Å². The number of rotatable bonds is 7. The number of benzene rings is 2. The van der Waals surface area contributed by atoms with Crippen molar-refractivity contribution < 1.29 is 22.7 Å². The van der Waals surface area contributed by atoms with Crippen LogP contribution in [0.4, 0.5) is 5.69 Å². The summed E-state index contributed by atoms with van der Waals surface area (Å²) in [5.41, 5.74) is 1.13. The van der Waals surface area contributed by atoms with Gasteiger partial charge in [0, 0.05) is 11.3 Å². The molecular weight excluding hydrogens is 394 g/mol. The highest BCUT2D eigenvalue weighted by Gasteiger charge is 2.25. The predicted molar refractivity (Wildman–Crippen MR) is 110 cm³/mol. The average Bonchev–Trinajstić information content (AvgIpc) is 2.66. The van der Waals surface area contributed by atoms with Crippen LogP contribution in [0.15, 0.2) is 47.4 Å². The largest absolute Gasteiger partial charge is 0.497 e. The van der Waals surface area contributed by atoms with Crippen LogP contribution in [0, 0.1) is 12.8 Å². The Balaban J connectivity index is 2.18. The number of nitrogens with one attached hydrogen (secondary N) is 2. The molecule has 1 unspecified atom stereocenters. The van der Waals surface area contributed by atoms with Gasteiger partial charge in [-0.15, -0.1) is 0 Å². The van der Waals surface area contributed by atoms with Crippen molar-refractivity contribution in [3.05, 3.63) is 53.6 Å². The fourth-order valence-electron chi connectivity index (χ4n) is 2.71. The third-order valence-corrected chi connectivity index (χ3v) is 5.40. The van der Waals surface area contributed by atoms with Crippen LogP contribution in [0.5, 0.6) is 5.75 Å². The van der Waals surface area contributed by atoms with Crippen LogP contribution < -0.4 is 20.5 Å². The lowest BCUT2D eigenvalue weighted by molar-refractivity contribution is -0.118. The third-order valence-electron chi connectivity index (χ3n) is 4.35. The number of primary sulfonamides is 1. The molecule has 156 valence electrons. The molecule has 0 radical (unpaired) electrons. The number of aryl methyl sites for hydroxylation is 1. The van der Waals surface area contributed by atoms with Crippen LogP contribution in [0.25, 0.3) is 0 Å². The van der Waals surface area contributed by atoms with E-state index in [1.165, 1.54) is 13.2 Å². The molecule has 0 aromatic heterocycles. The number of nitrogens with two attached hydrogens (primary N) is 1. The van der Waals surface area contributed by atoms with E-state index < -0.39 is 27.9 Å². The Morgan fingerprint density at radius 3 is 2.21 bits per heavy atom. The van der Waals surface area contributed by atoms with Crippen molar-refractivity contribution in [1.29, 1.82) is 0 Å². The summed E-state index contributed by atoms with van der Waals surface area (Å²) >= 11 is 0. The molecule has 0 saturated carbocycles. The molecule has 29 heavy (non-hydrogen) atoms. The van der Waals surface area contributed by atoms with Gasteiger partial charge < -0.3 is 15.4 Å².